The van der Waals surface area contributed by atoms with Gasteiger partial charge in [-0.3, -0.25) is 0 Å². The van der Waals surface area contributed by atoms with Crippen LogP contribution < -0.4 is 10.6 Å². The molecule has 0 atom stereocenters. The van der Waals surface area contributed by atoms with Gasteiger partial charge in [0.25, 0.3) is 0 Å². The summed E-state index contributed by atoms with van der Waals surface area (Å²) in [6, 6.07) is 1.87. The van der Waals surface area contributed by atoms with Gasteiger partial charge in [-0.25, -0.2) is 0 Å². The molecule has 0 aromatic carbocycles. The van der Waals surface area contributed by atoms with Gasteiger partial charge in [-0.2, -0.15) is 5.10 Å². The topological polar surface area (TPSA) is 55.0 Å². The van der Waals surface area contributed by atoms with Gasteiger partial charge in [-0.15, -0.1) is 5.10 Å². The smallest absolute Gasteiger partial charge is 0.161 e. The summed E-state index contributed by atoms with van der Waals surface area (Å²) in [4.78, 5) is 2.72. The molecule has 5 heteroatoms. The average Bonchev–Trinajstić information content (AvgIpc) is 2.49. The quantitative estimate of drug-likeness (QED) is 0.849. The first-order valence-electron chi connectivity index (χ1n) is 7.57. The molecule has 1 saturated carbocycles. The molecule has 0 radical (unpaired) electrons. The number of nitrogens with two attached hydrogens (primary N) is 1. The van der Waals surface area contributed by atoms with E-state index >= 15 is 0 Å². The van der Waals surface area contributed by atoms with E-state index in [0.717, 1.165) is 24.5 Å². The summed E-state index contributed by atoms with van der Waals surface area (Å²) in [5, 5.41) is 8.27. The lowest BCUT2D eigenvalue weighted by molar-refractivity contribution is 0.144. The fourth-order valence-electron chi connectivity index (χ4n) is 3.74. The molecular weight excluding hydrogens is 268 g/mol. The van der Waals surface area contributed by atoms with Crippen LogP contribution in [0.3, 0.4) is 0 Å². The molecule has 3 rings (SSSR count). The van der Waals surface area contributed by atoms with E-state index in [2.05, 4.69) is 15.1 Å². The van der Waals surface area contributed by atoms with Crippen LogP contribution in [0.1, 0.15) is 50.5 Å². The minimum absolute atomic E-state index is 0.410. The van der Waals surface area contributed by atoms with Gasteiger partial charge in [-0.1, -0.05) is 31.5 Å². The lowest BCUT2D eigenvalue weighted by atomic mass is 9.68. The lowest BCUT2D eigenvalue weighted by Gasteiger charge is -2.44. The molecule has 0 bridgehead atoms. The second-order valence-corrected chi connectivity index (χ2v) is 6.62. The van der Waals surface area contributed by atoms with E-state index < -0.39 is 0 Å². The summed E-state index contributed by atoms with van der Waals surface area (Å²) >= 11 is 5.12. The number of aromatic nitrogens is 2. The van der Waals surface area contributed by atoms with Gasteiger partial charge in [0.15, 0.2) is 5.82 Å². The highest BCUT2D eigenvalue weighted by molar-refractivity contribution is 7.80. The van der Waals surface area contributed by atoms with Crippen molar-refractivity contribution in [3.8, 4) is 0 Å². The van der Waals surface area contributed by atoms with Crippen LogP contribution in [-0.4, -0.2) is 28.3 Å². The Kier molecular flexibility index (Phi) is 3.87. The normalized spacial score (nSPS) is 21.9. The molecule has 1 saturated heterocycles. The van der Waals surface area contributed by atoms with Crippen LogP contribution in [0, 0.1) is 5.41 Å². The monoisotopic (exact) mass is 290 g/mol. The first kappa shape index (κ1) is 13.7. The Labute approximate surface area is 125 Å². The van der Waals surface area contributed by atoms with Crippen molar-refractivity contribution in [2.45, 2.75) is 44.9 Å². The molecule has 1 aliphatic heterocycles. The minimum Gasteiger partial charge on any atom is -0.389 e. The molecular formula is C15H22N4S. The summed E-state index contributed by atoms with van der Waals surface area (Å²) in [6.07, 6.45) is 11.2. The van der Waals surface area contributed by atoms with Crippen molar-refractivity contribution in [3.05, 3.63) is 17.8 Å². The van der Waals surface area contributed by atoms with E-state index in [0.29, 0.717) is 10.4 Å². The first-order chi connectivity index (χ1) is 9.70. The number of anilines is 1. The Bertz CT molecular complexity index is 486. The summed E-state index contributed by atoms with van der Waals surface area (Å²) in [7, 11) is 0. The maximum Gasteiger partial charge on any atom is 0.161 e. The molecule has 2 heterocycles. The van der Waals surface area contributed by atoms with E-state index in [-0.39, 0.29) is 0 Å². The van der Waals surface area contributed by atoms with Crippen LogP contribution in [0.15, 0.2) is 12.3 Å². The minimum atomic E-state index is 0.410. The number of nitrogens with zero attached hydrogens (tertiary/aromatic N) is 3. The molecule has 2 aliphatic rings. The maximum absolute atomic E-state index is 5.79. The number of hydrogen-bond donors (Lipinski definition) is 1. The van der Waals surface area contributed by atoms with Crippen LogP contribution in [-0.2, 0) is 0 Å². The largest absolute Gasteiger partial charge is 0.389 e. The van der Waals surface area contributed by atoms with Gasteiger partial charge < -0.3 is 10.6 Å². The van der Waals surface area contributed by atoms with Crippen molar-refractivity contribution >= 4 is 23.0 Å². The van der Waals surface area contributed by atoms with Crippen molar-refractivity contribution in [3.63, 3.8) is 0 Å². The van der Waals surface area contributed by atoms with Gasteiger partial charge in [0.2, 0.25) is 0 Å². The Balaban J connectivity index is 1.73. The molecule has 2 N–H and O–H groups in total. The van der Waals surface area contributed by atoms with Gasteiger partial charge in [-0.05, 0) is 37.2 Å². The fraction of sp³-hybridized carbons (Fsp3) is 0.667. The molecule has 0 unspecified atom stereocenters. The summed E-state index contributed by atoms with van der Waals surface area (Å²) < 4.78 is 0. The van der Waals surface area contributed by atoms with Gasteiger partial charge in [0, 0.05) is 13.1 Å². The molecule has 1 spiro atoms. The van der Waals surface area contributed by atoms with Crippen molar-refractivity contribution in [1.29, 1.82) is 0 Å². The molecule has 1 aromatic heterocycles. The third-order valence-corrected chi connectivity index (χ3v) is 5.22. The van der Waals surface area contributed by atoms with Crippen LogP contribution in [0.2, 0.25) is 0 Å². The van der Waals surface area contributed by atoms with E-state index in [1.165, 1.54) is 44.9 Å². The van der Waals surface area contributed by atoms with Crippen molar-refractivity contribution in [1.82, 2.24) is 10.2 Å². The molecule has 20 heavy (non-hydrogen) atoms. The SMILES string of the molecule is NC(=S)c1ccnnc1N1CCC2(CCCCC2)CC1. The zero-order valence-corrected chi connectivity index (χ0v) is 12.7. The molecule has 1 aromatic rings. The standard InChI is InChI=1S/C15H22N4S/c16-13(20)12-4-9-17-18-14(12)19-10-7-15(8-11-19)5-2-1-3-6-15/h4,9H,1-3,5-8,10-11H2,(H2,16,20). The molecule has 1 aliphatic carbocycles. The number of piperidine rings is 1. The van der Waals surface area contributed by atoms with E-state index in [1.54, 1.807) is 6.20 Å². The fourth-order valence-corrected chi connectivity index (χ4v) is 3.90. The van der Waals surface area contributed by atoms with Crippen LogP contribution in [0.25, 0.3) is 0 Å². The second kappa shape index (κ2) is 5.64. The van der Waals surface area contributed by atoms with Crippen LogP contribution in [0.4, 0.5) is 5.82 Å². The third kappa shape index (κ3) is 2.64. The molecule has 2 fully saturated rings. The van der Waals surface area contributed by atoms with Crippen LogP contribution >= 0.6 is 12.2 Å². The van der Waals surface area contributed by atoms with E-state index in [4.69, 9.17) is 18.0 Å². The average molecular weight is 290 g/mol. The van der Waals surface area contributed by atoms with Gasteiger partial charge >= 0.3 is 0 Å². The number of hydrogen-bond acceptors (Lipinski definition) is 4. The maximum atomic E-state index is 5.79. The van der Waals surface area contributed by atoms with E-state index in [9.17, 15) is 0 Å². The lowest BCUT2D eigenvalue weighted by Crippen LogP contribution is -2.42. The molecule has 108 valence electrons. The Morgan fingerprint density at radius 2 is 1.85 bits per heavy atom. The zero-order valence-electron chi connectivity index (χ0n) is 11.8. The van der Waals surface area contributed by atoms with Crippen LogP contribution in [0.5, 0.6) is 0 Å². The predicted octanol–water partition coefficient (Wildman–Crippen LogP) is 2.66. The predicted molar refractivity (Wildman–Crippen MR) is 84.9 cm³/mol. The Morgan fingerprint density at radius 1 is 1.15 bits per heavy atom. The van der Waals surface area contributed by atoms with Gasteiger partial charge in [0.1, 0.15) is 4.99 Å². The molecule has 0 amide bonds. The highest BCUT2D eigenvalue weighted by Crippen LogP contribution is 2.45. The van der Waals surface area contributed by atoms with Crippen molar-refractivity contribution < 1.29 is 0 Å². The zero-order chi connectivity index (χ0) is 14.0. The first-order valence-corrected chi connectivity index (χ1v) is 7.98. The number of rotatable bonds is 2. The second-order valence-electron chi connectivity index (χ2n) is 6.18. The van der Waals surface area contributed by atoms with Crippen molar-refractivity contribution in [2.75, 3.05) is 18.0 Å². The van der Waals surface area contributed by atoms with Gasteiger partial charge in [0.05, 0.1) is 11.8 Å². The Hall–Kier alpha value is -1.23. The Morgan fingerprint density at radius 3 is 2.50 bits per heavy atom. The molecule has 4 nitrogen and oxygen atoms in total. The summed E-state index contributed by atoms with van der Waals surface area (Å²) in [5.41, 5.74) is 7.25. The number of thiocarbonyl (C=S) groups is 1. The van der Waals surface area contributed by atoms with Crippen molar-refractivity contribution in [2.24, 2.45) is 11.1 Å². The highest BCUT2D eigenvalue weighted by atomic mass is 32.1. The highest BCUT2D eigenvalue weighted by Gasteiger charge is 2.36. The third-order valence-electron chi connectivity index (χ3n) is 5.00. The summed E-state index contributed by atoms with van der Waals surface area (Å²) in [6.45, 7) is 2.10. The van der Waals surface area contributed by atoms with E-state index in [1.807, 2.05) is 6.07 Å². The summed E-state index contributed by atoms with van der Waals surface area (Å²) in [5.74, 6) is 0.866.